The molecule has 0 unspecified atom stereocenters. The van der Waals surface area contributed by atoms with E-state index >= 15 is 0 Å². The molecule has 15 heavy (non-hydrogen) atoms. The molecule has 78 valence electrons. The van der Waals surface area contributed by atoms with E-state index in [0.717, 1.165) is 5.56 Å². The molecule has 0 spiro atoms. The lowest BCUT2D eigenvalue weighted by atomic mass is 10.1. The highest BCUT2D eigenvalue weighted by atomic mass is 15.2. The molecule has 4 heteroatoms. The first-order valence-electron chi connectivity index (χ1n) is 4.55. The van der Waals surface area contributed by atoms with E-state index in [9.17, 15) is 0 Å². The molecule has 0 fully saturated rings. The van der Waals surface area contributed by atoms with Crippen molar-refractivity contribution in [2.45, 2.75) is 13.8 Å². The van der Waals surface area contributed by atoms with Crippen LogP contribution in [0, 0.1) is 6.92 Å². The monoisotopic (exact) mass is 202 g/mol. The van der Waals surface area contributed by atoms with E-state index in [2.05, 4.69) is 21.9 Å². The molecule has 0 saturated heterocycles. The van der Waals surface area contributed by atoms with Gasteiger partial charge in [-0.2, -0.15) is 5.10 Å². The summed E-state index contributed by atoms with van der Waals surface area (Å²) in [6.07, 6.45) is 0. The van der Waals surface area contributed by atoms with Gasteiger partial charge in [-0.3, -0.25) is 0 Å². The predicted octanol–water partition coefficient (Wildman–Crippen LogP) is 2.71. The zero-order valence-electron chi connectivity index (χ0n) is 8.94. The normalized spacial score (nSPS) is 12.0. The third-order valence-corrected chi connectivity index (χ3v) is 1.89. The molecule has 0 aromatic heterocycles. The molecule has 0 aliphatic rings. The van der Waals surface area contributed by atoms with Crippen LogP contribution in [0.15, 0.2) is 46.2 Å². The van der Waals surface area contributed by atoms with Crippen LogP contribution >= 0.6 is 0 Å². The fraction of sp³-hybridized carbons (Fsp3) is 0.182. The van der Waals surface area contributed by atoms with Gasteiger partial charge in [-0.15, -0.1) is 10.2 Å². The Bertz CT molecular complexity index is 401. The van der Waals surface area contributed by atoms with E-state index in [1.807, 2.05) is 31.2 Å². The third kappa shape index (κ3) is 3.34. The third-order valence-electron chi connectivity index (χ3n) is 1.89. The molecular formula is C11H14N4. The van der Waals surface area contributed by atoms with E-state index in [1.165, 1.54) is 5.56 Å². The summed E-state index contributed by atoms with van der Waals surface area (Å²) in [4.78, 5) is 0. The van der Waals surface area contributed by atoms with Crippen molar-refractivity contribution in [3.63, 3.8) is 0 Å². The standard InChI is InChI=1S/C11H14N4/c1-8-4-6-11(7-5-8)9(2)14-15-10(3)13-12/h4-7H,2,12H2,1,3H3/b13-10-,15-14?. The highest BCUT2D eigenvalue weighted by Crippen LogP contribution is 2.14. The Balaban J connectivity index is 2.78. The second kappa shape index (κ2) is 5.05. The molecule has 0 aliphatic heterocycles. The van der Waals surface area contributed by atoms with Crippen LogP contribution < -0.4 is 5.84 Å². The van der Waals surface area contributed by atoms with E-state index in [1.54, 1.807) is 6.92 Å². The van der Waals surface area contributed by atoms with Crippen molar-refractivity contribution in [2.75, 3.05) is 0 Å². The van der Waals surface area contributed by atoms with Gasteiger partial charge < -0.3 is 5.84 Å². The molecule has 0 radical (unpaired) electrons. The van der Waals surface area contributed by atoms with Crippen molar-refractivity contribution in [3.05, 3.63) is 42.0 Å². The number of amidine groups is 1. The molecule has 0 saturated carbocycles. The van der Waals surface area contributed by atoms with Gasteiger partial charge in [-0.25, -0.2) is 0 Å². The van der Waals surface area contributed by atoms with Gasteiger partial charge in [-0.1, -0.05) is 36.4 Å². The molecular weight excluding hydrogens is 188 g/mol. The SMILES string of the molecule is C=C(N=N/C(C)=N\N)c1ccc(C)cc1. The van der Waals surface area contributed by atoms with Gasteiger partial charge in [0.05, 0.1) is 5.70 Å². The minimum atomic E-state index is 0.420. The Kier molecular flexibility index (Phi) is 3.74. The second-order valence-corrected chi connectivity index (χ2v) is 3.19. The molecule has 0 amide bonds. The van der Waals surface area contributed by atoms with Crippen LogP contribution in [0.2, 0.25) is 0 Å². The number of rotatable bonds is 2. The van der Waals surface area contributed by atoms with Gasteiger partial charge in [0, 0.05) is 5.56 Å². The molecule has 0 aliphatic carbocycles. The molecule has 1 rings (SSSR count). The zero-order valence-corrected chi connectivity index (χ0v) is 8.94. The Morgan fingerprint density at radius 2 is 1.80 bits per heavy atom. The molecule has 2 N–H and O–H groups in total. The molecule has 0 heterocycles. The number of nitrogens with zero attached hydrogens (tertiary/aromatic N) is 3. The van der Waals surface area contributed by atoms with Gasteiger partial charge in [0.1, 0.15) is 0 Å². The summed E-state index contributed by atoms with van der Waals surface area (Å²) in [6.45, 7) is 7.50. The van der Waals surface area contributed by atoms with Crippen LogP contribution in [0.3, 0.4) is 0 Å². The van der Waals surface area contributed by atoms with E-state index in [0.29, 0.717) is 11.5 Å². The van der Waals surface area contributed by atoms with Crippen molar-refractivity contribution in [1.82, 2.24) is 0 Å². The molecule has 0 bridgehead atoms. The second-order valence-electron chi connectivity index (χ2n) is 3.19. The van der Waals surface area contributed by atoms with Crippen LogP contribution in [0.1, 0.15) is 18.1 Å². The van der Waals surface area contributed by atoms with Gasteiger partial charge in [0.25, 0.3) is 0 Å². The Morgan fingerprint density at radius 1 is 1.20 bits per heavy atom. The van der Waals surface area contributed by atoms with Crippen LogP contribution in [0.4, 0.5) is 0 Å². The average Bonchev–Trinajstić information content (AvgIpc) is 2.26. The summed E-state index contributed by atoms with van der Waals surface area (Å²) in [5.74, 6) is 5.44. The number of hydrazone groups is 1. The number of nitrogens with two attached hydrogens (primary N) is 1. The Labute approximate surface area is 89.2 Å². The van der Waals surface area contributed by atoms with Crippen molar-refractivity contribution >= 4 is 11.5 Å². The van der Waals surface area contributed by atoms with E-state index in [4.69, 9.17) is 5.84 Å². The number of hydrogen-bond acceptors (Lipinski definition) is 3. The average molecular weight is 202 g/mol. The first kappa shape index (κ1) is 11.1. The first-order valence-corrected chi connectivity index (χ1v) is 4.55. The summed E-state index contributed by atoms with van der Waals surface area (Å²) in [6, 6.07) is 7.90. The Morgan fingerprint density at radius 3 is 2.33 bits per heavy atom. The number of azo groups is 1. The minimum Gasteiger partial charge on any atom is -0.321 e. The zero-order chi connectivity index (χ0) is 11.3. The minimum absolute atomic E-state index is 0.420. The summed E-state index contributed by atoms with van der Waals surface area (Å²) in [5, 5.41) is 11.1. The van der Waals surface area contributed by atoms with Crippen LogP contribution in [-0.4, -0.2) is 5.84 Å². The van der Waals surface area contributed by atoms with Gasteiger partial charge in [0.2, 0.25) is 0 Å². The van der Waals surface area contributed by atoms with E-state index < -0.39 is 0 Å². The summed E-state index contributed by atoms with van der Waals surface area (Å²) in [5.41, 5.74) is 2.73. The van der Waals surface area contributed by atoms with Crippen molar-refractivity contribution in [1.29, 1.82) is 0 Å². The summed E-state index contributed by atoms with van der Waals surface area (Å²) < 4.78 is 0. The van der Waals surface area contributed by atoms with E-state index in [-0.39, 0.29) is 0 Å². The highest BCUT2D eigenvalue weighted by molar-refractivity contribution is 5.80. The summed E-state index contributed by atoms with van der Waals surface area (Å²) in [7, 11) is 0. The number of benzene rings is 1. The van der Waals surface area contributed by atoms with Gasteiger partial charge >= 0.3 is 0 Å². The number of hydrogen-bond donors (Lipinski definition) is 1. The summed E-state index contributed by atoms with van der Waals surface area (Å²) >= 11 is 0. The van der Waals surface area contributed by atoms with Crippen LogP contribution in [-0.2, 0) is 0 Å². The molecule has 1 aromatic carbocycles. The fourth-order valence-corrected chi connectivity index (χ4v) is 0.962. The lowest BCUT2D eigenvalue weighted by molar-refractivity contribution is 1.18. The largest absolute Gasteiger partial charge is 0.321 e. The quantitative estimate of drug-likeness (QED) is 0.259. The van der Waals surface area contributed by atoms with Crippen molar-refractivity contribution in [2.24, 2.45) is 21.2 Å². The lowest BCUT2D eigenvalue weighted by Crippen LogP contribution is -1.90. The lowest BCUT2D eigenvalue weighted by Gasteiger charge is -1.99. The first-order chi connectivity index (χ1) is 7.13. The topological polar surface area (TPSA) is 63.1 Å². The van der Waals surface area contributed by atoms with Gasteiger partial charge in [0.15, 0.2) is 5.84 Å². The smallest absolute Gasteiger partial charge is 0.167 e. The number of aryl methyl sites for hydroxylation is 1. The van der Waals surface area contributed by atoms with Crippen molar-refractivity contribution in [3.8, 4) is 0 Å². The highest BCUT2D eigenvalue weighted by Gasteiger charge is 1.96. The fourth-order valence-electron chi connectivity index (χ4n) is 0.962. The molecule has 4 nitrogen and oxygen atoms in total. The maximum Gasteiger partial charge on any atom is 0.167 e. The van der Waals surface area contributed by atoms with Crippen LogP contribution in [0.25, 0.3) is 5.70 Å². The molecule has 1 aromatic rings. The maximum atomic E-state index is 5.02. The Hall–Kier alpha value is -1.97. The van der Waals surface area contributed by atoms with Gasteiger partial charge in [-0.05, 0) is 13.8 Å². The van der Waals surface area contributed by atoms with Crippen LogP contribution in [0.5, 0.6) is 0 Å². The maximum absolute atomic E-state index is 5.02. The molecule has 0 atom stereocenters. The predicted molar refractivity (Wildman–Crippen MR) is 62.4 cm³/mol. The van der Waals surface area contributed by atoms with Crippen molar-refractivity contribution < 1.29 is 0 Å².